The number of anilines is 1. The number of amides is 1. The van der Waals surface area contributed by atoms with Gasteiger partial charge >= 0.3 is 0 Å². The summed E-state index contributed by atoms with van der Waals surface area (Å²) in [4.78, 5) is 17.4. The van der Waals surface area contributed by atoms with Crippen LogP contribution in [0.25, 0.3) is 21.0 Å². The summed E-state index contributed by atoms with van der Waals surface area (Å²) in [5, 5.41) is 8.15. The third kappa shape index (κ3) is 4.03. The third-order valence-corrected chi connectivity index (χ3v) is 5.82. The van der Waals surface area contributed by atoms with Crippen molar-refractivity contribution >= 4 is 78.2 Å². The van der Waals surface area contributed by atoms with Crippen molar-refractivity contribution in [1.82, 2.24) is 10.3 Å². The summed E-state index contributed by atoms with van der Waals surface area (Å²) in [5.74, 6) is -0.346. The van der Waals surface area contributed by atoms with E-state index in [0.717, 1.165) is 21.0 Å². The first-order chi connectivity index (χ1) is 13.4. The lowest BCUT2D eigenvalue weighted by molar-refractivity contribution is 0.0943. The number of rotatable bonds is 4. The normalized spacial score (nSPS) is 12.8. The molecule has 4 aromatic rings. The minimum Gasteiger partial charge on any atom is -0.338 e. The van der Waals surface area contributed by atoms with Crippen molar-refractivity contribution in [3.8, 4) is 0 Å². The van der Waals surface area contributed by atoms with E-state index in [0.29, 0.717) is 10.7 Å². The fraction of sp³-hybridized carbons (Fsp3) is 0.100. The van der Waals surface area contributed by atoms with Gasteiger partial charge in [-0.25, -0.2) is 4.98 Å². The van der Waals surface area contributed by atoms with E-state index in [4.69, 9.17) is 34.8 Å². The van der Waals surface area contributed by atoms with Crippen molar-refractivity contribution in [2.45, 2.75) is 9.96 Å². The minimum atomic E-state index is -1.78. The van der Waals surface area contributed by atoms with Gasteiger partial charge in [-0.2, -0.15) is 0 Å². The van der Waals surface area contributed by atoms with Crippen LogP contribution in [0.4, 0.5) is 5.13 Å². The van der Waals surface area contributed by atoms with E-state index in [1.54, 1.807) is 6.07 Å². The molecule has 1 heterocycles. The first kappa shape index (κ1) is 19.3. The van der Waals surface area contributed by atoms with Crippen LogP contribution < -0.4 is 10.6 Å². The third-order valence-electron chi connectivity index (χ3n) is 4.20. The molecular formula is C20H14Cl3N3OS. The lowest BCUT2D eigenvalue weighted by Gasteiger charge is -2.26. The molecule has 0 fully saturated rings. The number of benzene rings is 3. The van der Waals surface area contributed by atoms with Crippen LogP contribution in [0, 0.1) is 0 Å². The van der Waals surface area contributed by atoms with Crippen molar-refractivity contribution < 1.29 is 4.79 Å². The SMILES string of the molecule is O=C(NC(Nc1nc2ccccc2s1)C(Cl)(Cl)Cl)c1cccc2ccccc12. The Kier molecular flexibility index (Phi) is 5.34. The Hall–Kier alpha value is -2.05. The molecule has 0 aliphatic rings. The Morgan fingerprint density at radius 1 is 0.964 bits per heavy atom. The largest absolute Gasteiger partial charge is 0.338 e. The number of para-hydroxylation sites is 1. The Morgan fingerprint density at radius 2 is 1.68 bits per heavy atom. The number of hydrogen-bond acceptors (Lipinski definition) is 4. The monoisotopic (exact) mass is 449 g/mol. The van der Waals surface area contributed by atoms with Gasteiger partial charge in [-0.05, 0) is 29.0 Å². The van der Waals surface area contributed by atoms with Gasteiger partial charge in [-0.15, -0.1) is 0 Å². The van der Waals surface area contributed by atoms with Gasteiger partial charge in [-0.3, -0.25) is 4.79 Å². The molecule has 0 bridgehead atoms. The quantitative estimate of drug-likeness (QED) is 0.297. The Labute approximate surface area is 180 Å². The molecule has 0 spiro atoms. The summed E-state index contributed by atoms with van der Waals surface area (Å²) in [5.41, 5.74) is 1.34. The molecular weight excluding hydrogens is 437 g/mol. The summed E-state index contributed by atoms with van der Waals surface area (Å²) in [6, 6.07) is 20.8. The number of hydrogen-bond donors (Lipinski definition) is 2. The van der Waals surface area contributed by atoms with Crippen LogP contribution in [0.15, 0.2) is 66.7 Å². The first-order valence-corrected chi connectivity index (χ1v) is 10.3. The highest BCUT2D eigenvalue weighted by Crippen LogP contribution is 2.33. The Morgan fingerprint density at radius 3 is 2.46 bits per heavy atom. The lowest BCUT2D eigenvalue weighted by atomic mass is 10.0. The molecule has 3 aromatic carbocycles. The van der Waals surface area contributed by atoms with Gasteiger partial charge in [0, 0.05) is 5.56 Å². The molecule has 0 saturated carbocycles. The summed E-state index contributed by atoms with van der Waals surface area (Å²) < 4.78 is -0.786. The molecule has 0 aliphatic heterocycles. The average molecular weight is 451 g/mol. The van der Waals surface area contributed by atoms with Crippen LogP contribution in [0.1, 0.15) is 10.4 Å². The molecule has 1 aromatic heterocycles. The minimum absolute atomic E-state index is 0.346. The number of thiazole rings is 1. The van der Waals surface area contributed by atoms with E-state index in [1.807, 2.05) is 60.7 Å². The molecule has 28 heavy (non-hydrogen) atoms. The van der Waals surface area contributed by atoms with E-state index in [2.05, 4.69) is 15.6 Å². The molecule has 8 heteroatoms. The maximum Gasteiger partial charge on any atom is 0.253 e. The summed E-state index contributed by atoms with van der Waals surface area (Å²) in [6.45, 7) is 0. The molecule has 0 aliphatic carbocycles. The Bertz CT molecular complexity index is 1120. The van der Waals surface area contributed by atoms with Gasteiger partial charge in [0.25, 0.3) is 5.91 Å². The zero-order valence-electron chi connectivity index (χ0n) is 14.3. The van der Waals surface area contributed by atoms with Crippen molar-refractivity contribution in [3.05, 3.63) is 72.3 Å². The van der Waals surface area contributed by atoms with Gasteiger partial charge in [-0.1, -0.05) is 94.7 Å². The van der Waals surface area contributed by atoms with Crippen molar-refractivity contribution in [1.29, 1.82) is 0 Å². The number of nitrogens with one attached hydrogen (secondary N) is 2. The Balaban J connectivity index is 1.62. The number of fused-ring (bicyclic) bond motifs is 2. The lowest BCUT2D eigenvalue weighted by Crippen LogP contribution is -2.49. The average Bonchev–Trinajstić information content (AvgIpc) is 3.08. The summed E-state index contributed by atoms with van der Waals surface area (Å²) in [6.07, 6.45) is -0.968. The highest BCUT2D eigenvalue weighted by Gasteiger charge is 2.35. The molecule has 1 amide bonds. The zero-order chi connectivity index (χ0) is 19.7. The smallest absolute Gasteiger partial charge is 0.253 e. The maximum absolute atomic E-state index is 12.9. The van der Waals surface area contributed by atoms with Crippen LogP contribution in [0.3, 0.4) is 0 Å². The molecule has 142 valence electrons. The predicted molar refractivity (Wildman–Crippen MR) is 119 cm³/mol. The molecule has 4 nitrogen and oxygen atoms in total. The summed E-state index contributed by atoms with van der Waals surface area (Å²) in [7, 11) is 0. The van der Waals surface area contributed by atoms with Crippen molar-refractivity contribution in [3.63, 3.8) is 0 Å². The molecule has 0 saturated heterocycles. The van der Waals surface area contributed by atoms with Crippen LogP contribution in [-0.4, -0.2) is 20.8 Å². The second-order valence-electron chi connectivity index (χ2n) is 6.11. The first-order valence-electron chi connectivity index (χ1n) is 8.39. The molecule has 1 atom stereocenters. The van der Waals surface area contributed by atoms with Gasteiger partial charge in [0.05, 0.1) is 10.2 Å². The molecule has 4 rings (SSSR count). The summed E-state index contributed by atoms with van der Waals surface area (Å²) >= 11 is 19.8. The van der Waals surface area contributed by atoms with E-state index in [-0.39, 0.29) is 5.91 Å². The second-order valence-corrected chi connectivity index (χ2v) is 9.51. The number of aromatic nitrogens is 1. The molecule has 0 radical (unpaired) electrons. The number of nitrogens with zero attached hydrogens (tertiary/aromatic N) is 1. The highest BCUT2D eigenvalue weighted by molar-refractivity contribution is 7.22. The highest BCUT2D eigenvalue weighted by atomic mass is 35.6. The van der Waals surface area contributed by atoms with Gasteiger partial charge in [0.15, 0.2) is 5.13 Å². The standard InChI is InChI=1S/C20H14Cl3N3OS/c21-20(22,23)18(26-19-24-15-10-3-4-11-16(15)28-19)25-17(27)14-9-5-7-12-6-1-2-8-13(12)14/h1-11,18H,(H,24,26)(H,25,27). The number of alkyl halides is 3. The van der Waals surface area contributed by atoms with Gasteiger partial charge in [0.2, 0.25) is 3.79 Å². The fourth-order valence-electron chi connectivity index (χ4n) is 2.89. The van der Waals surface area contributed by atoms with E-state index in [9.17, 15) is 4.79 Å². The van der Waals surface area contributed by atoms with E-state index >= 15 is 0 Å². The van der Waals surface area contributed by atoms with Crippen LogP contribution in [0.2, 0.25) is 0 Å². The predicted octanol–water partition coefficient (Wildman–Crippen LogP) is 5.99. The van der Waals surface area contributed by atoms with Gasteiger partial charge in [0.1, 0.15) is 6.17 Å². The molecule has 1 unspecified atom stereocenters. The fourth-order valence-corrected chi connectivity index (χ4v) is 4.11. The maximum atomic E-state index is 12.9. The van der Waals surface area contributed by atoms with Crippen molar-refractivity contribution in [2.75, 3.05) is 5.32 Å². The zero-order valence-corrected chi connectivity index (χ0v) is 17.4. The molecule has 2 N–H and O–H groups in total. The topological polar surface area (TPSA) is 54.0 Å². The van der Waals surface area contributed by atoms with Crippen LogP contribution >= 0.6 is 46.1 Å². The van der Waals surface area contributed by atoms with Crippen LogP contribution in [-0.2, 0) is 0 Å². The van der Waals surface area contributed by atoms with E-state index in [1.165, 1.54) is 11.3 Å². The van der Waals surface area contributed by atoms with Crippen molar-refractivity contribution in [2.24, 2.45) is 0 Å². The van der Waals surface area contributed by atoms with Gasteiger partial charge < -0.3 is 10.6 Å². The van der Waals surface area contributed by atoms with Crippen LogP contribution in [0.5, 0.6) is 0 Å². The van der Waals surface area contributed by atoms with E-state index < -0.39 is 9.96 Å². The number of carbonyl (C=O) groups excluding carboxylic acids is 1. The number of carbonyl (C=O) groups is 1. The number of halogens is 3. The second kappa shape index (κ2) is 7.76.